The summed E-state index contributed by atoms with van der Waals surface area (Å²) >= 11 is 0. The summed E-state index contributed by atoms with van der Waals surface area (Å²) in [5.41, 5.74) is 0.843. The van der Waals surface area contributed by atoms with E-state index < -0.39 is 28.1 Å². The van der Waals surface area contributed by atoms with Crippen LogP contribution in [0.4, 0.5) is 0 Å². The summed E-state index contributed by atoms with van der Waals surface area (Å²) in [5, 5.41) is 2.80. The van der Waals surface area contributed by atoms with Crippen molar-refractivity contribution in [3.8, 4) is 0 Å². The molecule has 2 amide bonds. The maximum Gasteiger partial charge on any atom is 0.251 e. The number of nitrogens with zero attached hydrogens (tertiary/aromatic N) is 3. The van der Waals surface area contributed by atoms with Crippen LogP contribution in [0.2, 0.25) is 0 Å². The van der Waals surface area contributed by atoms with Crippen molar-refractivity contribution in [2.75, 3.05) is 13.1 Å². The highest BCUT2D eigenvalue weighted by molar-refractivity contribution is 7.88. The van der Waals surface area contributed by atoms with Crippen LogP contribution in [0.5, 0.6) is 0 Å². The van der Waals surface area contributed by atoms with Gasteiger partial charge >= 0.3 is 0 Å². The predicted octanol–water partition coefficient (Wildman–Crippen LogP) is 1.36. The Morgan fingerprint density at radius 1 is 1.15 bits per heavy atom. The van der Waals surface area contributed by atoms with Gasteiger partial charge in [0, 0.05) is 18.3 Å². The molecule has 3 heterocycles. The summed E-state index contributed by atoms with van der Waals surface area (Å²) in [4.78, 5) is 44.5. The van der Waals surface area contributed by atoms with Crippen LogP contribution in [0, 0.1) is 0 Å². The fourth-order valence-corrected chi connectivity index (χ4v) is 6.38. The highest BCUT2D eigenvalue weighted by Gasteiger charge is 2.54. The van der Waals surface area contributed by atoms with Gasteiger partial charge in [-0.15, -0.1) is 0 Å². The van der Waals surface area contributed by atoms with Gasteiger partial charge in [-0.25, -0.2) is 8.42 Å². The van der Waals surface area contributed by atoms with Crippen molar-refractivity contribution in [1.82, 2.24) is 19.5 Å². The lowest BCUT2D eigenvalue weighted by molar-refractivity contribution is -0.138. The summed E-state index contributed by atoms with van der Waals surface area (Å²) in [7, 11) is -3.79. The molecule has 1 N–H and O–H groups in total. The Morgan fingerprint density at radius 3 is 2.56 bits per heavy atom. The molecule has 0 spiro atoms. The fourth-order valence-electron chi connectivity index (χ4n) is 4.71. The topological polar surface area (TPSA) is 117 Å². The molecule has 2 saturated heterocycles. The van der Waals surface area contributed by atoms with Crippen LogP contribution in [0.25, 0.3) is 0 Å². The third-order valence-electron chi connectivity index (χ3n) is 6.29. The normalized spacial score (nSPS) is 21.3. The van der Waals surface area contributed by atoms with Crippen molar-refractivity contribution >= 4 is 27.6 Å². The molecule has 3 unspecified atom stereocenters. The van der Waals surface area contributed by atoms with E-state index in [1.807, 2.05) is 6.92 Å². The van der Waals surface area contributed by atoms with Crippen LogP contribution in [0.15, 0.2) is 54.7 Å². The number of pyridine rings is 1. The van der Waals surface area contributed by atoms with Gasteiger partial charge in [0.2, 0.25) is 15.9 Å². The van der Waals surface area contributed by atoms with Gasteiger partial charge < -0.3 is 10.2 Å². The number of aromatic nitrogens is 1. The molecule has 10 heteroatoms. The van der Waals surface area contributed by atoms with Gasteiger partial charge in [0.1, 0.15) is 17.8 Å². The van der Waals surface area contributed by atoms with Gasteiger partial charge in [-0.05, 0) is 37.1 Å². The molecule has 3 atom stereocenters. The number of hydrogen-bond acceptors (Lipinski definition) is 6. The molecule has 1 aromatic carbocycles. The summed E-state index contributed by atoms with van der Waals surface area (Å²) < 4.78 is 27.4. The zero-order chi connectivity index (χ0) is 24.3. The van der Waals surface area contributed by atoms with Gasteiger partial charge in [-0.3, -0.25) is 19.4 Å². The van der Waals surface area contributed by atoms with Crippen molar-refractivity contribution in [2.24, 2.45) is 0 Å². The number of carbonyl (C=O) groups excluding carboxylic acids is 3. The molecule has 9 nitrogen and oxygen atoms in total. The Balaban J connectivity index is 1.49. The van der Waals surface area contributed by atoms with Gasteiger partial charge in [0.25, 0.3) is 5.91 Å². The standard InChI is InChI=1S/C24H28N4O5S/c1-2-8-19(26-23(30)17-9-4-3-5-10-17)24(31)27-14-12-20-22(27)21(29)15-28(20)34(32,33)16-18-11-6-7-13-25-18/h3-7,9-11,13,19-20,22H,2,8,12,14-16H2,1H3,(H,26,30). The van der Waals surface area contributed by atoms with E-state index in [1.54, 1.807) is 48.5 Å². The number of rotatable bonds is 8. The first-order valence-corrected chi connectivity index (χ1v) is 13.0. The number of hydrogen-bond donors (Lipinski definition) is 1. The van der Waals surface area contributed by atoms with Gasteiger partial charge in [-0.2, -0.15) is 4.31 Å². The van der Waals surface area contributed by atoms with Crippen molar-refractivity contribution < 1.29 is 22.8 Å². The SMILES string of the molecule is CCCC(NC(=O)c1ccccc1)C(=O)N1CCC2C1C(=O)CN2S(=O)(=O)Cc1ccccn1. The molecule has 4 rings (SSSR count). The van der Waals surface area contributed by atoms with Crippen LogP contribution >= 0.6 is 0 Å². The Bertz CT molecular complexity index is 1160. The van der Waals surface area contributed by atoms with Crippen LogP contribution in [-0.4, -0.2) is 71.4 Å². The van der Waals surface area contributed by atoms with Crippen molar-refractivity contribution in [1.29, 1.82) is 0 Å². The Morgan fingerprint density at radius 2 is 1.88 bits per heavy atom. The average Bonchev–Trinajstić information content (AvgIpc) is 3.41. The molecule has 2 aromatic rings. The Kier molecular flexibility index (Phi) is 7.08. The lowest BCUT2D eigenvalue weighted by atomic mass is 10.1. The minimum Gasteiger partial charge on any atom is -0.340 e. The van der Waals surface area contributed by atoms with E-state index in [1.165, 1.54) is 15.4 Å². The van der Waals surface area contributed by atoms with E-state index in [0.717, 1.165) is 0 Å². The smallest absolute Gasteiger partial charge is 0.251 e. The highest BCUT2D eigenvalue weighted by atomic mass is 32.2. The third kappa shape index (κ3) is 4.88. The van der Waals surface area contributed by atoms with E-state index in [-0.39, 0.29) is 36.4 Å². The minimum absolute atomic E-state index is 0.261. The molecule has 1 aromatic heterocycles. The Labute approximate surface area is 199 Å². The molecule has 2 aliphatic rings. The van der Waals surface area contributed by atoms with Gasteiger partial charge in [0.15, 0.2) is 5.78 Å². The first-order valence-electron chi connectivity index (χ1n) is 11.4. The van der Waals surface area contributed by atoms with Crippen LogP contribution in [0.3, 0.4) is 0 Å². The Hall–Kier alpha value is -3.11. The van der Waals surface area contributed by atoms with E-state index in [2.05, 4.69) is 10.3 Å². The van der Waals surface area contributed by atoms with Crippen LogP contribution < -0.4 is 5.32 Å². The molecule has 2 fully saturated rings. The highest BCUT2D eigenvalue weighted by Crippen LogP contribution is 2.33. The first kappa shape index (κ1) is 24.0. The summed E-state index contributed by atoms with van der Waals surface area (Å²) in [6, 6.07) is 11.4. The number of Topliss-reactive ketones (excluding diaryl/α,β-unsaturated/α-hetero) is 1. The van der Waals surface area contributed by atoms with Crippen LogP contribution in [0.1, 0.15) is 42.2 Å². The summed E-state index contributed by atoms with van der Waals surface area (Å²) in [6.07, 6.45) is 2.97. The zero-order valence-corrected chi connectivity index (χ0v) is 19.8. The van der Waals surface area contributed by atoms with Gasteiger partial charge in [-0.1, -0.05) is 37.6 Å². The van der Waals surface area contributed by atoms with E-state index in [4.69, 9.17) is 0 Å². The number of carbonyl (C=O) groups is 3. The minimum atomic E-state index is -3.79. The number of likely N-dealkylation sites (tertiary alicyclic amines) is 1. The molecule has 0 bridgehead atoms. The molecule has 180 valence electrons. The second kappa shape index (κ2) is 10.0. The van der Waals surface area contributed by atoms with Crippen molar-refractivity contribution in [2.45, 2.75) is 50.1 Å². The number of fused-ring (bicyclic) bond motifs is 1. The second-order valence-corrected chi connectivity index (χ2v) is 10.5. The molecule has 34 heavy (non-hydrogen) atoms. The van der Waals surface area contributed by atoms with Crippen LogP contribution in [-0.2, 0) is 25.4 Å². The number of ketones is 1. The largest absolute Gasteiger partial charge is 0.340 e. The molecular weight excluding hydrogens is 456 g/mol. The van der Waals surface area contributed by atoms with E-state index in [9.17, 15) is 22.8 Å². The zero-order valence-electron chi connectivity index (χ0n) is 19.0. The van der Waals surface area contributed by atoms with Gasteiger partial charge in [0.05, 0.1) is 18.3 Å². The lowest BCUT2D eigenvalue weighted by Crippen LogP contribution is -2.52. The molecule has 0 aliphatic carbocycles. The summed E-state index contributed by atoms with van der Waals surface area (Å²) in [6.45, 7) is 1.91. The maximum absolute atomic E-state index is 13.4. The molecule has 0 radical (unpaired) electrons. The number of benzene rings is 1. The van der Waals surface area contributed by atoms with Crippen molar-refractivity contribution in [3.05, 3.63) is 66.0 Å². The average molecular weight is 485 g/mol. The lowest BCUT2D eigenvalue weighted by Gasteiger charge is -2.28. The monoisotopic (exact) mass is 484 g/mol. The number of nitrogens with one attached hydrogen (secondary N) is 1. The quantitative estimate of drug-likeness (QED) is 0.605. The maximum atomic E-state index is 13.4. The molecule has 0 saturated carbocycles. The summed E-state index contributed by atoms with van der Waals surface area (Å²) in [5.74, 6) is -1.31. The fraction of sp³-hybridized carbons (Fsp3) is 0.417. The molecular formula is C24H28N4O5S. The number of amides is 2. The molecule has 2 aliphatic heterocycles. The predicted molar refractivity (Wildman–Crippen MR) is 125 cm³/mol. The number of sulfonamides is 1. The van der Waals surface area contributed by atoms with E-state index in [0.29, 0.717) is 30.5 Å². The van der Waals surface area contributed by atoms with E-state index >= 15 is 0 Å². The van der Waals surface area contributed by atoms with Crippen molar-refractivity contribution in [3.63, 3.8) is 0 Å². The third-order valence-corrected chi connectivity index (χ3v) is 8.07. The second-order valence-electron chi connectivity index (χ2n) is 8.60. The first-order chi connectivity index (χ1) is 16.3.